The highest BCUT2D eigenvalue weighted by atomic mass is 32.2. The van der Waals surface area contributed by atoms with Gasteiger partial charge in [-0.3, -0.25) is 4.79 Å². The second kappa shape index (κ2) is 11.2. The normalized spacial score (nSPS) is 12.6. The predicted octanol–water partition coefficient (Wildman–Crippen LogP) is 5.14. The van der Waals surface area contributed by atoms with Crippen LogP contribution in [-0.4, -0.2) is 37.0 Å². The third-order valence-electron chi connectivity index (χ3n) is 5.88. The zero-order chi connectivity index (χ0) is 28.2. The summed E-state index contributed by atoms with van der Waals surface area (Å²) < 4.78 is 67.9. The van der Waals surface area contributed by atoms with Crippen LogP contribution in [0.4, 0.5) is 13.2 Å². The number of aliphatic carboxylic acids is 1. The number of hydrogen-bond donors (Lipinski definition) is 2. The van der Waals surface area contributed by atoms with E-state index in [9.17, 15) is 36.3 Å². The zero-order valence-electron chi connectivity index (χ0n) is 20.2. The van der Waals surface area contributed by atoms with Crippen molar-refractivity contribution in [2.75, 3.05) is 0 Å². The third kappa shape index (κ3) is 6.55. The summed E-state index contributed by atoms with van der Waals surface area (Å²) in [5, 5.41) is 13.4. The molecule has 4 aromatic rings. The first-order chi connectivity index (χ1) is 18.4. The van der Waals surface area contributed by atoms with E-state index in [0.717, 1.165) is 29.1 Å². The van der Waals surface area contributed by atoms with Crippen molar-refractivity contribution >= 4 is 32.5 Å². The molecule has 0 heterocycles. The zero-order valence-corrected chi connectivity index (χ0v) is 21.0. The average Bonchev–Trinajstić information content (AvgIpc) is 2.91. The number of fused-ring (bicyclic) bond motifs is 1. The van der Waals surface area contributed by atoms with Crippen LogP contribution in [0, 0.1) is 0 Å². The molecule has 0 aliphatic carbocycles. The highest BCUT2D eigenvalue weighted by Crippen LogP contribution is 2.30. The van der Waals surface area contributed by atoms with Gasteiger partial charge in [-0.2, -0.15) is 13.2 Å². The van der Waals surface area contributed by atoms with Crippen LogP contribution in [0.1, 0.15) is 21.5 Å². The van der Waals surface area contributed by atoms with Gasteiger partial charge >= 0.3 is 11.5 Å². The molecule has 0 saturated carbocycles. The minimum absolute atomic E-state index is 0.00503. The van der Waals surface area contributed by atoms with Crippen LogP contribution in [0.5, 0.6) is 5.75 Å². The monoisotopic (exact) mass is 557 g/mol. The Labute approximate surface area is 221 Å². The first-order valence-corrected chi connectivity index (χ1v) is 13.1. The number of rotatable bonds is 9. The number of halogens is 3. The number of ether oxygens (including phenoxy) is 1. The van der Waals surface area contributed by atoms with Crippen molar-refractivity contribution in [3.63, 3.8) is 0 Å². The summed E-state index contributed by atoms with van der Waals surface area (Å²) in [5.41, 5.74) is -4.34. The Morgan fingerprint density at radius 3 is 2.21 bits per heavy atom. The molecule has 0 unspecified atom stereocenters. The van der Waals surface area contributed by atoms with Gasteiger partial charge in [0.2, 0.25) is 0 Å². The lowest BCUT2D eigenvalue weighted by Crippen LogP contribution is -2.42. The van der Waals surface area contributed by atoms with E-state index in [0.29, 0.717) is 17.7 Å². The fourth-order valence-electron chi connectivity index (χ4n) is 3.85. The number of nitrogens with one attached hydrogen (secondary N) is 1. The molecule has 0 bridgehead atoms. The summed E-state index contributed by atoms with van der Waals surface area (Å²) in [4.78, 5) is 23.6. The maximum absolute atomic E-state index is 12.9. The molecule has 4 aromatic carbocycles. The number of hydrogen-bond acceptors (Lipinski definition) is 5. The molecule has 0 fully saturated rings. The lowest BCUT2D eigenvalue weighted by atomic mass is 10.0. The second-order valence-electron chi connectivity index (χ2n) is 8.66. The molecule has 202 valence electrons. The number of carboxylic acids is 1. The van der Waals surface area contributed by atoms with Crippen molar-refractivity contribution < 1.29 is 41.0 Å². The van der Waals surface area contributed by atoms with E-state index in [-0.39, 0.29) is 11.1 Å². The highest BCUT2D eigenvalue weighted by Gasteiger charge is 2.46. The standard InChI is InChI=1S/C28H22F3NO6S/c29-28(30,31)39(36,37)24-8-4-7-19(13-24)14-25(27(34)35)32-26(33)22-10-9-21-16-23(12-11-20(21)15-22)38-17-18-5-2-1-3-6-18/h1-13,15-16,25H,14,17H2,(H,32,33)(H,34,35)/t25-/m0/s1. The van der Waals surface area contributed by atoms with Crippen LogP contribution >= 0.6 is 0 Å². The van der Waals surface area contributed by atoms with E-state index in [1.54, 1.807) is 24.3 Å². The predicted molar refractivity (Wildman–Crippen MR) is 137 cm³/mol. The van der Waals surface area contributed by atoms with Gasteiger partial charge in [0, 0.05) is 12.0 Å². The topological polar surface area (TPSA) is 110 Å². The maximum Gasteiger partial charge on any atom is 0.501 e. The van der Waals surface area contributed by atoms with Gasteiger partial charge in [0.15, 0.2) is 0 Å². The van der Waals surface area contributed by atoms with Crippen LogP contribution in [-0.2, 0) is 27.7 Å². The van der Waals surface area contributed by atoms with Gasteiger partial charge in [0.25, 0.3) is 15.7 Å². The first kappa shape index (κ1) is 27.6. The Balaban J connectivity index is 1.47. The molecule has 0 aliphatic rings. The summed E-state index contributed by atoms with van der Waals surface area (Å²) in [6, 6.07) is 22.1. The molecule has 11 heteroatoms. The van der Waals surface area contributed by atoms with Gasteiger partial charge in [-0.1, -0.05) is 54.6 Å². The Morgan fingerprint density at radius 2 is 1.51 bits per heavy atom. The minimum Gasteiger partial charge on any atom is -0.489 e. The fraction of sp³-hybridized carbons (Fsp3) is 0.143. The molecule has 2 N–H and O–H groups in total. The van der Waals surface area contributed by atoms with Crippen molar-refractivity contribution in [1.82, 2.24) is 5.32 Å². The third-order valence-corrected chi connectivity index (χ3v) is 7.36. The number of benzene rings is 4. The number of carboxylic acid groups (broad SMARTS) is 1. The molecule has 39 heavy (non-hydrogen) atoms. The Hall–Kier alpha value is -4.38. The Bertz CT molecular complexity index is 1620. The van der Waals surface area contributed by atoms with Crippen molar-refractivity contribution in [2.24, 2.45) is 0 Å². The van der Waals surface area contributed by atoms with Crippen molar-refractivity contribution in [1.29, 1.82) is 0 Å². The summed E-state index contributed by atoms with van der Waals surface area (Å²) in [6.45, 7) is 0.383. The van der Waals surface area contributed by atoms with Gasteiger partial charge in [-0.15, -0.1) is 0 Å². The van der Waals surface area contributed by atoms with Crippen molar-refractivity contribution in [2.45, 2.75) is 29.5 Å². The first-order valence-electron chi connectivity index (χ1n) is 11.6. The quantitative estimate of drug-likeness (QED) is 0.295. The maximum atomic E-state index is 12.9. The van der Waals surface area contributed by atoms with E-state index >= 15 is 0 Å². The van der Waals surface area contributed by atoms with Crippen LogP contribution in [0.3, 0.4) is 0 Å². The van der Waals surface area contributed by atoms with Gasteiger partial charge in [-0.25, -0.2) is 13.2 Å². The summed E-state index contributed by atoms with van der Waals surface area (Å²) >= 11 is 0. The molecule has 0 aromatic heterocycles. The molecule has 1 amide bonds. The van der Waals surface area contributed by atoms with Crippen LogP contribution in [0.2, 0.25) is 0 Å². The van der Waals surface area contributed by atoms with Crippen LogP contribution in [0.25, 0.3) is 10.8 Å². The minimum atomic E-state index is -5.61. The molecular formula is C28H22F3NO6S. The highest BCUT2D eigenvalue weighted by molar-refractivity contribution is 7.92. The SMILES string of the molecule is O=C(N[C@@H](Cc1cccc(S(=O)(=O)C(F)(F)F)c1)C(=O)O)c1ccc2cc(OCc3ccccc3)ccc2c1. The number of sulfone groups is 1. The van der Waals surface area contributed by atoms with Crippen LogP contribution in [0.15, 0.2) is 95.9 Å². The molecular weight excluding hydrogens is 535 g/mol. The molecule has 0 saturated heterocycles. The molecule has 0 aliphatic heterocycles. The summed E-state index contributed by atoms with van der Waals surface area (Å²) in [5.74, 6) is -1.52. The number of amides is 1. The van der Waals surface area contributed by atoms with Crippen molar-refractivity contribution in [3.05, 3.63) is 108 Å². The Morgan fingerprint density at radius 1 is 0.846 bits per heavy atom. The van der Waals surface area contributed by atoms with Gasteiger partial charge in [0.1, 0.15) is 18.4 Å². The van der Waals surface area contributed by atoms with E-state index in [4.69, 9.17) is 4.74 Å². The van der Waals surface area contributed by atoms with Gasteiger partial charge < -0.3 is 15.2 Å². The van der Waals surface area contributed by atoms with E-state index in [1.807, 2.05) is 36.4 Å². The molecule has 1 atom stereocenters. The largest absolute Gasteiger partial charge is 0.501 e. The molecule has 0 spiro atoms. The van der Waals surface area contributed by atoms with E-state index < -0.39 is 44.6 Å². The molecule has 7 nitrogen and oxygen atoms in total. The lowest BCUT2D eigenvalue weighted by Gasteiger charge is -2.16. The van der Waals surface area contributed by atoms with E-state index in [1.165, 1.54) is 12.1 Å². The Kier molecular flexibility index (Phi) is 7.91. The molecule has 0 radical (unpaired) electrons. The second-order valence-corrected chi connectivity index (χ2v) is 10.6. The number of carbonyl (C=O) groups excluding carboxylic acids is 1. The van der Waals surface area contributed by atoms with Crippen molar-refractivity contribution in [3.8, 4) is 5.75 Å². The number of alkyl halides is 3. The molecule has 4 rings (SSSR count). The van der Waals surface area contributed by atoms with E-state index in [2.05, 4.69) is 5.32 Å². The summed E-state index contributed by atoms with van der Waals surface area (Å²) in [7, 11) is -5.61. The lowest BCUT2D eigenvalue weighted by molar-refractivity contribution is -0.139. The smallest absolute Gasteiger partial charge is 0.489 e. The average molecular weight is 558 g/mol. The van der Waals surface area contributed by atoms with Crippen LogP contribution < -0.4 is 10.1 Å². The van der Waals surface area contributed by atoms with Gasteiger partial charge in [0.05, 0.1) is 4.90 Å². The number of carbonyl (C=O) groups is 2. The fourth-order valence-corrected chi connectivity index (χ4v) is 4.68. The van der Waals surface area contributed by atoms with Gasteiger partial charge in [-0.05, 0) is 58.3 Å². The summed E-state index contributed by atoms with van der Waals surface area (Å²) in [6.07, 6.45) is -0.433.